The minimum Gasteiger partial charge on any atom is -0.317 e. The van der Waals surface area contributed by atoms with Gasteiger partial charge in [0.2, 0.25) is 10.0 Å². The van der Waals surface area contributed by atoms with Gasteiger partial charge in [0.05, 0.1) is 5.75 Å². The highest BCUT2D eigenvalue weighted by molar-refractivity contribution is 7.89. The average molecular weight is 289 g/mol. The van der Waals surface area contributed by atoms with Crippen LogP contribution in [0.2, 0.25) is 0 Å². The molecule has 0 radical (unpaired) electrons. The SMILES string of the molecule is CCS(=O)(=O)N1CCC(NC2CCCNCC2)CC1. The van der Waals surface area contributed by atoms with Crippen LogP contribution in [0.5, 0.6) is 0 Å². The Morgan fingerprint density at radius 3 is 2.47 bits per heavy atom. The van der Waals surface area contributed by atoms with Gasteiger partial charge in [0.1, 0.15) is 0 Å². The summed E-state index contributed by atoms with van der Waals surface area (Å²) in [5.74, 6) is 0.222. The molecule has 2 rings (SSSR count). The van der Waals surface area contributed by atoms with Crippen LogP contribution in [0.3, 0.4) is 0 Å². The second-order valence-electron chi connectivity index (χ2n) is 5.62. The minimum absolute atomic E-state index is 0.222. The maximum absolute atomic E-state index is 11.8. The molecule has 0 amide bonds. The van der Waals surface area contributed by atoms with E-state index in [1.807, 2.05) is 0 Å². The van der Waals surface area contributed by atoms with Crippen molar-refractivity contribution in [1.82, 2.24) is 14.9 Å². The van der Waals surface area contributed by atoms with Crippen LogP contribution in [0.4, 0.5) is 0 Å². The van der Waals surface area contributed by atoms with Gasteiger partial charge in [-0.05, 0) is 52.1 Å². The Morgan fingerprint density at radius 2 is 1.79 bits per heavy atom. The van der Waals surface area contributed by atoms with Crippen molar-refractivity contribution in [2.24, 2.45) is 0 Å². The third kappa shape index (κ3) is 4.41. The number of nitrogens with zero attached hydrogens (tertiary/aromatic N) is 1. The summed E-state index contributed by atoms with van der Waals surface area (Å²) in [6, 6.07) is 1.10. The molecule has 19 heavy (non-hydrogen) atoms. The molecule has 2 aliphatic rings. The summed E-state index contributed by atoms with van der Waals surface area (Å²) in [7, 11) is -2.99. The van der Waals surface area contributed by atoms with E-state index in [-0.39, 0.29) is 5.75 Å². The first kappa shape index (κ1) is 15.2. The molecule has 0 aromatic rings. The molecule has 0 aromatic carbocycles. The van der Waals surface area contributed by atoms with Crippen LogP contribution in [0, 0.1) is 0 Å². The zero-order valence-electron chi connectivity index (χ0n) is 11.9. The molecule has 0 saturated carbocycles. The number of hydrogen-bond acceptors (Lipinski definition) is 4. The van der Waals surface area contributed by atoms with Crippen molar-refractivity contribution in [3.8, 4) is 0 Å². The second-order valence-corrected chi connectivity index (χ2v) is 7.88. The molecule has 2 aliphatic heterocycles. The Bertz CT molecular complexity index is 356. The van der Waals surface area contributed by atoms with Crippen molar-refractivity contribution in [3.05, 3.63) is 0 Å². The molecular formula is C13H27N3O2S. The summed E-state index contributed by atoms with van der Waals surface area (Å²) >= 11 is 0. The molecule has 2 N–H and O–H groups in total. The zero-order valence-corrected chi connectivity index (χ0v) is 12.7. The predicted molar refractivity (Wildman–Crippen MR) is 77.7 cm³/mol. The molecule has 2 fully saturated rings. The van der Waals surface area contributed by atoms with Gasteiger partial charge in [-0.15, -0.1) is 0 Å². The van der Waals surface area contributed by atoms with Crippen LogP contribution in [0.25, 0.3) is 0 Å². The standard InChI is InChI=1S/C13H27N3O2S/c1-2-19(17,18)16-10-6-13(7-11-16)15-12-4-3-8-14-9-5-12/h12-15H,2-11H2,1H3. The fourth-order valence-corrected chi connectivity index (χ4v) is 4.13. The number of nitrogens with one attached hydrogen (secondary N) is 2. The minimum atomic E-state index is -2.99. The molecule has 1 unspecified atom stereocenters. The van der Waals surface area contributed by atoms with Gasteiger partial charge in [0, 0.05) is 25.2 Å². The quantitative estimate of drug-likeness (QED) is 0.793. The highest BCUT2D eigenvalue weighted by Crippen LogP contribution is 2.16. The fourth-order valence-electron chi connectivity index (χ4n) is 3.00. The largest absolute Gasteiger partial charge is 0.317 e. The van der Waals surface area contributed by atoms with E-state index in [1.165, 1.54) is 19.3 Å². The molecule has 1 atom stereocenters. The van der Waals surface area contributed by atoms with Gasteiger partial charge >= 0.3 is 0 Å². The van der Waals surface area contributed by atoms with E-state index < -0.39 is 10.0 Å². The van der Waals surface area contributed by atoms with E-state index in [2.05, 4.69) is 10.6 Å². The van der Waals surface area contributed by atoms with E-state index in [9.17, 15) is 8.42 Å². The van der Waals surface area contributed by atoms with Gasteiger partial charge in [-0.3, -0.25) is 0 Å². The van der Waals surface area contributed by atoms with Crippen molar-refractivity contribution in [2.75, 3.05) is 31.9 Å². The lowest BCUT2D eigenvalue weighted by Gasteiger charge is -2.33. The maximum atomic E-state index is 11.8. The summed E-state index contributed by atoms with van der Waals surface area (Å²) < 4.78 is 25.2. The molecule has 112 valence electrons. The Labute approximate surface area is 117 Å². The molecule has 0 spiro atoms. The summed E-state index contributed by atoms with van der Waals surface area (Å²) in [6.45, 7) is 5.31. The lowest BCUT2D eigenvalue weighted by atomic mass is 10.0. The van der Waals surface area contributed by atoms with Crippen molar-refractivity contribution in [2.45, 2.75) is 51.1 Å². The van der Waals surface area contributed by atoms with Crippen LogP contribution in [0.1, 0.15) is 39.0 Å². The molecule has 0 aliphatic carbocycles. The number of piperidine rings is 1. The van der Waals surface area contributed by atoms with Crippen molar-refractivity contribution in [1.29, 1.82) is 0 Å². The molecule has 0 bridgehead atoms. The lowest BCUT2D eigenvalue weighted by Crippen LogP contribution is -2.48. The topological polar surface area (TPSA) is 61.4 Å². The molecular weight excluding hydrogens is 262 g/mol. The van der Waals surface area contributed by atoms with E-state index in [4.69, 9.17) is 0 Å². The molecule has 6 heteroatoms. The molecule has 2 saturated heterocycles. The van der Waals surface area contributed by atoms with Gasteiger partial charge in [0.15, 0.2) is 0 Å². The fraction of sp³-hybridized carbons (Fsp3) is 1.00. The molecule has 5 nitrogen and oxygen atoms in total. The predicted octanol–water partition coefficient (Wildman–Crippen LogP) is 0.532. The van der Waals surface area contributed by atoms with E-state index in [0.717, 1.165) is 25.9 Å². The Balaban J connectivity index is 1.77. The van der Waals surface area contributed by atoms with Gasteiger partial charge < -0.3 is 10.6 Å². The highest BCUT2D eigenvalue weighted by Gasteiger charge is 2.27. The van der Waals surface area contributed by atoms with Gasteiger partial charge in [-0.1, -0.05) is 0 Å². The third-order valence-corrected chi connectivity index (χ3v) is 6.14. The smallest absolute Gasteiger partial charge is 0.213 e. The van der Waals surface area contributed by atoms with Crippen molar-refractivity contribution in [3.63, 3.8) is 0 Å². The van der Waals surface area contributed by atoms with E-state index in [0.29, 0.717) is 25.2 Å². The Kier molecular flexibility index (Phi) is 5.62. The average Bonchev–Trinajstić information content (AvgIpc) is 2.68. The summed E-state index contributed by atoms with van der Waals surface area (Å²) in [5, 5.41) is 7.15. The van der Waals surface area contributed by atoms with Crippen LogP contribution in [-0.4, -0.2) is 56.7 Å². The highest BCUT2D eigenvalue weighted by atomic mass is 32.2. The van der Waals surface area contributed by atoms with Crippen molar-refractivity contribution >= 4 is 10.0 Å². The third-order valence-electron chi connectivity index (χ3n) is 4.26. The lowest BCUT2D eigenvalue weighted by molar-refractivity contribution is 0.267. The first-order valence-corrected chi connectivity index (χ1v) is 9.17. The van der Waals surface area contributed by atoms with Crippen LogP contribution in [0.15, 0.2) is 0 Å². The van der Waals surface area contributed by atoms with E-state index >= 15 is 0 Å². The molecule has 0 aromatic heterocycles. The normalized spacial score (nSPS) is 28.2. The summed E-state index contributed by atoms with van der Waals surface area (Å²) in [5.41, 5.74) is 0. The Hall–Kier alpha value is -0.170. The van der Waals surface area contributed by atoms with Crippen LogP contribution < -0.4 is 10.6 Å². The Morgan fingerprint density at radius 1 is 1.11 bits per heavy atom. The number of hydrogen-bond donors (Lipinski definition) is 2. The monoisotopic (exact) mass is 289 g/mol. The molecule has 2 heterocycles. The number of rotatable bonds is 4. The van der Waals surface area contributed by atoms with Crippen LogP contribution in [-0.2, 0) is 10.0 Å². The summed E-state index contributed by atoms with van der Waals surface area (Å²) in [6.07, 6.45) is 5.56. The van der Waals surface area contributed by atoms with Gasteiger partial charge in [-0.2, -0.15) is 0 Å². The van der Waals surface area contributed by atoms with Crippen LogP contribution >= 0.6 is 0 Å². The zero-order chi connectivity index (χ0) is 13.7. The number of sulfonamides is 1. The van der Waals surface area contributed by atoms with E-state index in [1.54, 1.807) is 11.2 Å². The maximum Gasteiger partial charge on any atom is 0.213 e. The first-order valence-electron chi connectivity index (χ1n) is 7.56. The first-order chi connectivity index (χ1) is 9.12. The van der Waals surface area contributed by atoms with Gasteiger partial charge in [-0.25, -0.2) is 12.7 Å². The summed E-state index contributed by atoms with van der Waals surface area (Å²) in [4.78, 5) is 0. The van der Waals surface area contributed by atoms with Gasteiger partial charge in [0.25, 0.3) is 0 Å². The van der Waals surface area contributed by atoms with Crippen molar-refractivity contribution < 1.29 is 8.42 Å². The second kappa shape index (κ2) is 7.02.